The second-order valence-corrected chi connectivity index (χ2v) is 8.73. The van der Waals surface area contributed by atoms with E-state index in [-0.39, 0.29) is 12.4 Å². The molecule has 7 heteroatoms. The number of fused-ring (bicyclic) bond motifs is 2. The fraction of sp³-hybridized carbons (Fsp3) is 0.346. The summed E-state index contributed by atoms with van der Waals surface area (Å²) in [6.07, 6.45) is 3.90. The molecule has 1 fully saturated rings. The Kier molecular flexibility index (Phi) is 5.93. The van der Waals surface area contributed by atoms with Crippen LogP contribution in [0.15, 0.2) is 48.4 Å². The lowest BCUT2D eigenvalue weighted by molar-refractivity contribution is 0.101. The highest BCUT2D eigenvalue weighted by Gasteiger charge is 2.28. The summed E-state index contributed by atoms with van der Waals surface area (Å²) in [6, 6.07) is 11.2. The molecule has 2 aliphatic heterocycles. The van der Waals surface area contributed by atoms with Crippen molar-refractivity contribution in [2.45, 2.75) is 13.2 Å². The fourth-order valence-electron chi connectivity index (χ4n) is 4.53. The van der Waals surface area contributed by atoms with E-state index in [1.165, 1.54) is 0 Å². The van der Waals surface area contributed by atoms with Gasteiger partial charge in [0.05, 0.1) is 19.3 Å². The van der Waals surface area contributed by atoms with Gasteiger partial charge in [0.15, 0.2) is 5.76 Å². The molecule has 0 radical (unpaired) electrons. The molecule has 2 aromatic carbocycles. The summed E-state index contributed by atoms with van der Waals surface area (Å²) in [6.45, 7) is 6.08. The molecule has 0 atom stereocenters. The molecule has 33 heavy (non-hydrogen) atoms. The summed E-state index contributed by atoms with van der Waals surface area (Å²) in [5, 5.41) is 10.4. The molecule has 0 bridgehead atoms. The number of ether oxygens (including phenoxy) is 2. The van der Waals surface area contributed by atoms with Gasteiger partial charge in [-0.2, -0.15) is 0 Å². The van der Waals surface area contributed by atoms with E-state index >= 15 is 0 Å². The van der Waals surface area contributed by atoms with Gasteiger partial charge < -0.3 is 24.0 Å². The monoisotopic (exact) mass is 447 g/mol. The Hall–Kier alpha value is -3.13. The number of aliphatic hydroxyl groups excluding tert-OH is 1. The summed E-state index contributed by atoms with van der Waals surface area (Å²) in [7, 11) is 3.82. The van der Waals surface area contributed by atoms with E-state index in [0.717, 1.165) is 61.5 Å². The van der Waals surface area contributed by atoms with E-state index in [1.54, 1.807) is 25.3 Å². The average molecular weight is 448 g/mol. The number of benzene rings is 2. The van der Waals surface area contributed by atoms with Crippen LogP contribution in [0.25, 0.3) is 17.0 Å². The third kappa shape index (κ3) is 4.27. The first-order valence-electron chi connectivity index (χ1n) is 11.3. The van der Waals surface area contributed by atoms with Gasteiger partial charge in [0, 0.05) is 61.9 Å². The number of hydrogen-bond donors (Lipinski definition) is 1. The van der Waals surface area contributed by atoms with E-state index in [9.17, 15) is 9.90 Å². The van der Waals surface area contributed by atoms with Crippen molar-refractivity contribution in [3.8, 4) is 11.5 Å². The molecule has 172 valence electrons. The number of ketones is 1. The van der Waals surface area contributed by atoms with Crippen LogP contribution in [0.2, 0.25) is 0 Å². The van der Waals surface area contributed by atoms with Crippen molar-refractivity contribution in [2.75, 3.05) is 46.9 Å². The molecule has 3 heterocycles. The highest BCUT2D eigenvalue weighted by atomic mass is 16.5. The lowest BCUT2D eigenvalue weighted by Gasteiger charge is -2.32. The maximum absolute atomic E-state index is 13.0. The van der Waals surface area contributed by atoms with E-state index in [2.05, 4.69) is 33.7 Å². The quantitative estimate of drug-likeness (QED) is 0.586. The second kappa shape index (κ2) is 9.02. The van der Waals surface area contributed by atoms with Crippen LogP contribution in [-0.4, -0.2) is 72.1 Å². The lowest BCUT2D eigenvalue weighted by atomic mass is 10.1. The molecule has 7 nitrogen and oxygen atoms in total. The Balaban J connectivity index is 1.45. The lowest BCUT2D eigenvalue weighted by Crippen LogP contribution is -2.45. The Morgan fingerprint density at radius 1 is 1.09 bits per heavy atom. The molecule has 0 aliphatic carbocycles. The Morgan fingerprint density at radius 2 is 1.91 bits per heavy atom. The van der Waals surface area contributed by atoms with Crippen LogP contribution in [-0.2, 0) is 13.2 Å². The number of rotatable bonds is 6. The number of Topliss-reactive ketones (excluding diaryl/α,β-unsaturated/α-hetero) is 1. The van der Waals surface area contributed by atoms with E-state index in [0.29, 0.717) is 22.6 Å². The normalized spacial score (nSPS) is 18.2. The van der Waals surface area contributed by atoms with Crippen LogP contribution in [0.3, 0.4) is 0 Å². The van der Waals surface area contributed by atoms with Gasteiger partial charge in [-0.05, 0) is 49.0 Å². The third-order valence-electron chi connectivity index (χ3n) is 6.57. The number of carbonyl (C=O) groups excluding carboxylic acids is 1. The molecule has 0 saturated carbocycles. The zero-order valence-corrected chi connectivity index (χ0v) is 19.1. The van der Waals surface area contributed by atoms with Gasteiger partial charge in [-0.3, -0.25) is 9.69 Å². The van der Waals surface area contributed by atoms with Crippen molar-refractivity contribution in [2.24, 2.45) is 0 Å². The Morgan fingerprint density at radius 3 is 2.67 bits per heavy atom. The van der Waals surface area contributed by atoms with Crippen molar-refractivity contribution in [3.63, 3.8) is 0 Å². The molecule has 2 aliphatic rings. The SMILES string of the molecule is COc1ccc2c(c1)c(C=C1Oc3ccc(CO)cc3C1=O)cn2CCN1CCN(C)CC1. The summed E-state index contributed by atoms with van der Waals surface area (Å²) in [5.74, 6) is 1.43. The highest BCUT2D eigenvalue weighted by molar-refractivity contribution is 6.15. The zero-order chi connectivity index (χ0) is 22.9. The summed E-state index contributed by atoms with van der Waals surface area (Å²) in [5.41, 5.74) is 3.20. The van der Waals surface area contributed by atoms with Crippen LogP contribution in [0.5, 0.6) is 11.5 Å². The molecule has 0 amide bonds. The molecule has 5 rings (SSSR count). The standard InChI is InChI=1S/C26H29N3O4/c1-27-7-9-28(10-8-27)11-12-29-16-19(21-15-20(32-2)4-5-23(21)29)14-25-26(31)22-13-18(17-30)3-6-24(22)33-25/h3-6,13-16,30H,7-12,17H2,1-2H3. The number of allylic oxidation sites excluding steroid dienone is 1. The first kappa shape index (κ1) is 21.7. The molecule has 1 N–H and O–H groups in total. The highest BCUT2D eigenvalue weighted by Crippen LogP contribution is 2.34. The largest absolute Gasteiger partial charge is 0.497 e. The number of methoxy groups -OCH3 is 1. The molecule has 1 saturated heterocycles. The van der Waals surface area contributed by atoms with Gasteiger partial charge >= 0.3 is 0 Å². The molecular formula is C26H29N3O4. The van der Waals surface area contributed by atoms with E-state index in [4.69, 9.17) is 9.47 Å². The summed E-state index contributed by atoms with van der Waals surface area (Å²) in [4.78, 5) is 17.8. The second-order valence-electron chi connectivity index (χ2n) is 8.73. The van der Waals surface area contributed by atoms with Crippen LogP contribution in [0.1, 0.15) is 21.5 Å². The van der Waals surface area contributed by atoms with Crippen LogP contribution in [0, 0.1) is 0 Å². The number of likely N-dealkylation sites (N-methyl/N-ethyl adjacent to an activating group) is 1. The predicted molar refractivity (Wildman–Crippen MR) is 128 cm³/mol. The number of hydrogen-bond acceptors (Lipinski definition) is 6. The predicted octanol–water partition coefficient (Wildman–Crippen LogP) is 3.01. The van der Waals surface area contributed by atoms with Gasteiger partial charge in [-0.15, -0.1) is 0 Å². The van der Waals surface area contributed by atoms with E-state index < -0.39 is 0 Å². The Labute approximate surface area is 193 Å². The molecule has 3 aromatic rings. The zero-order valence-electron chi connectivity index (χ0n) is 19.1. The summed E-state index contributed by atoms with van der Waals surface area (Å²) < 4.78 is 13.6. The maximum Gasteiger partial charge on any atom is 0.231 e. The van der Waals surface area contributed by atoms with Crippen molar-refractivity contribution in [1.82, 2.24) is 14.4 Å². The van der Waals surface area contributed by atoms with Crippen LogP contribution in [0.4, 0.5) is 0 Å². The first-order chi connectivity index (χ1) is 16.1. The minimum Gasteiger partial charge on any atom is -0.497 e. The first-order valence-corrected chi connectivity index (χ1v) is 11.3. The van der Waals surface area contributed by atoms with Crippen molar-refractivity contribution in [3.05, 3.63) is 65.0 Å². The van der Waals surface area contributed by atoms with Gasteiger partial charge in [-0.1, -0.05) is 6.07 Å². The van der Waals surface area contributed by atoms with Crippen molar-refractivity contribution < 1.29 is 19.4 Å². The topological polar surface area (TPSA) is 67.2 Å². The smallest absolute Gasteiger partial charge is 0.231 e. The number of aromatic nitrogens is 1. The molecular weight excluding hydrogens is 418 g/mol. The minimum absolute atomic E-state index is 0.111. The van der Waals surface area contributed by atoms with Gasteiger partial charge in [0.2, 0.25) is 5.78 Å². The molecule has 0 spiro atoms. The average Bonchev–Trinajstić information content (AvgIpc) is 3.35. The fourth-order valence-corrected chi connectivity index (χ4v) is 4.53. The molecule has 1 aromatic heterocycles. The van der Waals surface area contributed by atoms with Crippen LogP contribution >= 0.6 is 0 Å². The van der Waals surface area contributed by atoms with Gasteiger partial charge in [0.25, 0.3) is 0 Å². The third-order valence-corrected chi connectivity index (χ3v) is 6.57. The number of aliphatic hydroxyl groups is 1. The number of nitrogens with zero attached hydrogens (tertiary/aromatic N) is 3. The van der Waals surface area contributed by atoms with Crippen molar-refractivity contribution >= 4 is 22.8 Å². The molecule has 0 unspecified atom stereocenters. The number of carbonyl (C=O) groups is 1. The van der Waals surface area contributed by atoms with Gasteiger partial charge in [-0.25, -0.2) is 0 Å². The van der Waals surface area contributed by atoms with E-state index in [1.807, 2.05) is 18.2 Å². The van der Waals surface area contributed by atoms with Crippen LogP contribution < -0.4 is 9.47 Å². The Bertz CT molecular complexity index is 1220. The number of piperazine rings is 1. The summed E-state index contributed by atoms with van der Waals surface area (Å²) >= 11 is 0. The minimum atomic E-state index is -0.165. The van der Waals surface area contributed by atoms with Gasteiger partial charge in [0.1, 0.15) is 11.5 Å². The maximum atomic E-state index is 13.0. The van der Waals surface area contributed by atoms with Crippen molar-refractivity contribution in [1.29, 1.82) is 0 Å².